The predicted octanol–water partition coefficient (Wildman–Crippen LogP) is 3.54. The van der Waals surface area contributed by atoms with Gasteiger partial charge in [-0.15, -0.1) is 0 Å². The summed E-state index contributed by atoms with van der Waals surface area (Å²) in [5.41, 5.74) is 0.501. The molecule has 0 spiro atoms. The lowest BCUT2D eigenvalue weighted by atomic mass is 9.75. The van der Waals surface area contributed by atoms with Gasteiger partial charge in [0.2, 0.25) is 5.28 Å². The largest absolute Gasteiger partial charge is 0.357 e. The lowest BCUT2D eigenvalue weighted by Crippen LogP contribution is -2.37. The average molecular weight is 254 g/mol. The highest BCUT2D eigenvalue weighted by Gasteiger charge is 2.29. The highest BCUT2D eigenvalue weighted by atomic mass is 35.5. The molecule has 0 saturated heterocycles. The van der Waals surface area contributed by atoms with Crippen molar-refractivity contribution in [1.29, 1.82) is 0 Å². The Hall–Kier alpha value is -0.830. The van der Waals surface area contributed by atoms with Gasteiger partial charge in [0, 0.05) is 19.3 Å². The standard InChI is InChI=1S/C13H20ClN3/c1-13(2)7-4-10(5-8-13)17(3)11-6-9-15-12(14)16-11/h6,9-10H,4-5,7-8H2,1-3H3. The number of aromatic nitrogens is 2. The molecule has 0 amide bonds. The van der Waals surface area contributed by atoms with E-state index in [-0.39, 0.29) is 0 Å². The molecule has 0 bridgehead atoms. The molecule has 4 heteroatoms. The van der Waals surface area contributed by atoms with Crippen LogP contribution in [0.15, 0.2) is 12.3 Å². The van der Waals surface area contributed by atoms with E-state index in [2.05, 4.69) is 35.8 Å². The number of nitrogens with zero attached hydrogens (tertiary/aromatic N) is 3. The first kappa shape index (κ1) is 12.6. The van der Waals surface area contributed by atoms with Crippen molar-refractivity contribution < 1.29 is 0 Å². The van der Waals surface area contributed by atoms with Crippen LogP contribution in [0.5, 0.6) is 0 Å². The molecule has 0 N–H and O–H groups in total. The highest BCUT2D eigenvalue weighted by molar-refractivity contribution is 6.28. The Labute approximate surface area is 108 Å². The number of anilines is 1. The van der Waals surface area contributed by atoms with E-state index in [0.29, 0.717) is 16.7 Å². The van der Waals surface area contributed by atoms with Crippen molar-refractivity contribution >= 4 is 17.4 Å². The molecule has 1 aromatic rings. The summed E-state index contributed by atoms with van der Waals surface area (Å²) < 4.78 is 0. The quantitative estimate of drug-likeness (QED) is 0.755. The summed E-state index contributed by atoms with van der Waals surface area (Å²) in [5, 5.41) is 0.325. The van der Waals surface area contributed by atoms with Crippen molar-refractivity contribution in [3.05, 3.63) is 17.5 Å². The maximum Gasteiger partial charge on any atom is 0.224 e. The van der Waals surface area contributed by atoms with Crippen molar-refractivity contribution in [2.75, 3.05) is 11.9 Å². The maximum atomic E-state index is 5.82. The van der Waals surface area contributed by atoms with Gasteiger partial charge in [0.25, 0.3) is 0 Å². The van der Waals surface area contributed by atoms with Crippen molar-refractivity contribution in [1.82, 2.24) is 9.97 Å². The third-order valence-electron chi connectivity index (χ3n) is 3.83. The minimum atomic E-state index is 0.325. The van der Waals surface area contributed by atoms with Gasteiger partial charge in [-0.2, -0.15) is 0 Å². The van der Waals surface area contributed by atoms with Crippen LogP contribution >= 0.6 is 11.6 Å². The zero-order valence-electron chi connectivity index (χ0n) is 10.8. The first-order chi connectivity index (χ1) is 7.98. The monoisotopic (exact) mass is 253 g/mol. The van der Waals surface area contributed by atoms with Gasteiger partial charge < -0.3 is 4.90 Å². The van der Waals surface area contributed by atoms with E-state index < -0.39 is 0 Å². The second-order valence-electron chi connectivity index (χ2n) is 5.69. The van der Waals surface area contributed by atoms with E-state index in [1.165, 1.54) is 25.7 Å². The molecule has 0 atom stereocenters. The van der Waals surface area contributed by atoms with Gasteiger partial charge >= 0.3 is 0 Å². The smallest absolute Gasteiger partial charge is 0.224 e. The molecule has 1 aliphatic carbocycles. The van der Waals surface area contributed by atoms with Crippen LogP contribution < -0.4 is 4.90 Å². The Morgan fingerprint density at radius 3 is 2.59 bits per heavy atom. The van der Waals surface area contributed by atoms with Gasteiger partial charge in [-0.1, -0.05) is 13.8 Å². The molecule has 0 aliphatic heterocycles. The molecular weight excluding hydrogens is 234 g/mol. The average Bonchev–Trinajstić information content (AvgIpc) is 2.28. The molecule has 94 valence electrons. The van der Waals surface area contributed by atoms with E-state index in [1.54, 1.807) is 6.20 Å². The lowest BCUT2D eigenvalue weighted by molar-refractivity contribution is 0.222. The summed E-state index contributed by atoms with van der Waals surface area (Å²) in [6, 6.07) is 2.50. The third kappa shape index (κ3) is 3.09. The Morgan fingerprint density at radius 1 is 1.35 bits per heavy atom. The van der Waals surface area contributed by atoms with E-state index >= 15 is 0 Å². The Morgan fingerprint density at radius 2 is 2.00 bits per heavy atom. The van der Waals surface area contributed by atoms with Crippen molar-refractivity contribution in [2.45, 2.75) is 45.6 Å². The van der Waals surface area contributed by atoms with Gasteiger partial charge in [-0.3, -0.25) is 0 Å². The van der Waals surface area contributed by atoms with E-state index in [0.717, 1.165) is 5.82 Å². The SMILES string of the molecule is CN(c1ccnc(Cl)n1)C1CCC(C)(C)CC1. The zero-order chi connectivity index (χ0) is 12.5. The zero-order valence-corrected chi connectivity index (χ0v) is 11.5. The summed E-state index contributed by atoms with van der Waals surface area (Å²) in [4.78, 5) is 10.4. The van der Waals surface area contributed by atoms with Crippen LogP contribution in [0.2, 0.25) is 5.28 Å². The minimum Gasteiger partial charge on any atom is -0.357 e. The molecule has 0 unspecified atom stereocenters. The Kier molecular flexibility index (Phi) is 3.57. The molecule has 0 radical (unpaired) electrons. The summed E-state index contributed by atoms with van der Waals surface area (Å²) in [6.07, 6.45) is 6.73. The molecule has 1 aliphatic rings. The molecule has 1 fully saturated rings. The Bertz CT molecular complexity index is 382. The fraction of sp³-hybridized carbons (Fsp3) is 0.692. The van der Waals surface area contributed by atoms with E-state index in [1.807, 2.05) is 6.07 Å². The summed E-state index contributed by atoms with van der Waals surface area (Å²) in [7, 11) is 2.10. The molecule has 17 heavy (non-hydrogen) atoms. The second-order valence-corrected chi connectivity index (χ2v) is 6.03. The summed E-state index contributed by atoms with van der Waals surface area (Å²) in [5.74, 6) is 0.926. The fourth-order valence-corrected chi connectivity index (χ4v) is 2.62. The van der Waals surface area contributed by atoms with Crippen LogP contribution in [0.3, 0.4) is 0 Å². The summed E-state index contributed by atoms with van der Waals surface area (Å²) in [6.45, 7) is 4.70. The van der Waals surface area contributed by atoms with Gasteiger partial charge in [0.1, 0.15) is 5.82 Å². The van der Waals surface area contributed by atoms with Crippen LogP contribution in [-0.4, -0.2) is 23.1 Å². The molecule has 1 aromatic heterocycles. The second kappa shape index (κ2) is 4.81. The molecule has 0 aromatic carbocycles. The molecule has 3 nitrogen and oxygen atoms in total. The molecule has 1 heterocycles. The van der Waals surface area contributed by atoms with Crippen molar-refractivity contribution in [2.24, 2.45) is 5.41 Å². The van der Waals surface area contributed by atoms with Crippen LogP contribution in [0.1, 0.15) is 39.5 Å². The van der Waals surface area contributed by atoms with Gasteiger partial charge in [-0.25, -0.2) is 9.97 Å². The minimum absolute atomic E-state index is 0.325. The number of halogens is 1. The summed E-state index contributed by atoms with van der Waals surface area (Å²) >= 11 is 5.82. The topological polar surface area (TPSA) is 29.0 Å². The Balaban J connectivity index is 2.04. The van der Waals surface area contributed by atoms with Crippen LogP contribution in [0.25, 0.3) is 0 Å². The fourth-order valence-electron chi connectivity index (χ4n) is 2.48. The molecule has 2 rings (SSSR count). The van der Waals surface area contributed by atoms with Gasteiger partial charge in [-0.05, 0) is 48.8 Å². The van der Waals surface area contributed by atoms with Crippen molar-refractivity contribution in [3.8, 4) is 0 Å². The molecular formula is C13H20ClN3. The predicted molar refractivity (Wildman–Crippen MR) is 71.5 cm³/mol. The van der Waals surface area contributed by atoms with Crippen LogP contribution in [-0.2, 0) is 0 Å². The van der Waals surface area contributed by atoms with Crippen LogP contribution in [0, 0.1) is 5.41 Å². The lowest BCUT2D eigenvalue weighted by Gasteiger charge is -2.39. The van der Waals surface area contributed by atoms with E-state index in [9.17, 15) is 0 Å². The first-order valence-electron chi connectivity index (χ1n) is 6.19. The third-order valence-corrected chi connectivity index (χ3v) is 4.01. The number of hydrogen-bond donors (Lipinski definition) is 0. The number of hydrogen-bond acceptors (Lipinski definition) is 3. The highest BCUT2D eigenvalue weighted by Crippen LogP contribution is 2.37. The van der Waals surface area contributed by atoms with Crippen molar-refractivity contribution in [3.63, 3.8) is 0 Å². The van der Waals surface area contributed by atoms with E-state index in [4.69, 9.17) is 11.6 Å². The number of rotatable bonds is 2. The van der Waals surface area contributed by atoms with Gasteiger partial charge in [0.15, 0.2) is 0 Å². The maximum absolute atomic E-state index is 5.82. The van der Waals surface area contributed by atoms with Crippen LogP contribution in [0.4, 0.5) is 5.82 Å². The molecule has 1 saturated carbocycles. The van der Waals surface area contributed by atoms with Gasteiger partial charge in [0.05, 0.1) is 0 Å². The first-order valence-corrected chi connectivity index (χ1v) is 6.57. The normalized spacial score (nSPS) is 20.2.